The van der Waals surface area contributed by atoms with Crippen molar-refractivity contribution < 1.29 is 9.69 Å². The summed E-state index contributed by atoms with van der Waals surface area (Å²) in [6.07, 6.45) is 0.960. The van der Waals surface area contributed by atoms with E-state index in [1.54, 1.807) is 0 Å². The quantitative estimate of drug-likeness (QED) is 0.437. The lowest BCUT2D eigenvalue weighted by Gasteiger charge is -2.12. The van der Waals surface area contributed by atoms with Crippen LogP contribution in [0.3, 0.4) is 0 Å². The third kappa shape index (κ3) is 5.99. The standard InChI is InChI=1S/C14H22N4OS/c1-4-11-5-7-12(8-6-11)13(19)16-17-14(20)15-9-10-18(2)3/h5-8H,4,9-10H2,1-3H3,(H,16,19)(H2,15,17,20)/p+1. The topological polar surface area (TPSA) is 57.6 Å². The van der Waals surface area contributed by atoms with E-state index in [9.17, 15) is 4.79 Å². The molecule has 0 saturated carbocycles. The van der Waals surface area contributed by atoms with Crippen LogP contribution in [0.4, 0.5) is 0 Å². The SMILES string of the molecule is CCc1ccc(C(=O)NNC(=S)NCC[NH+](C)C)cc1. The zero-order chi connectivity index (χ0) is 15.0. The average molecular weight is 295 g/mol. The summed E-state index contributed by atoms with van der Waals surface area (Å²) in [5.41, 5.74) is 7.08. The van der Waals surface area contributed by atoms with Crippen LogP contribution in [0.1, 0.15) is 22.8 Å². The lowest BCUT2D eigenvalue weighted by molar-refractivity contribution is -0.856. The van der Waals surface area contributed by atoms with Crippen molar-refractivity contribution in [2.24, 2.45) is 0 Å². The molecule has 110 valence electrons. The van der Waals surface area contributed by atoms with Gasteiger partial charge in [-0.15, -0.1) is 0 Å². The Morgan fingerprint density at radius 2 is 1.85 bits per heavy atom. The van der Waals surface area contributed by atoms with E-state index in [4.69, 9.17) is 12.2 Å². The minimum atomic E-state index is -0.199. The highest BCUT2D eigenvalue weighted by molar-refractivity contribution is 7.80. The van der Waals surface area contributed by atoms with E-state index in [0.29, 0.717) is 10.7 Å². The van der Waals surface area contributed by atoms with Crippen LogP contribution in [0, 0.1) is 0 Å². The van der Waals surface area contributed by atoms with E-state index in [-0.39, 0.29) is 5.91 Å². The van der Waals surface area contributed by atoms with Crippen LogP contribution in [0.5, 0.6) is 0 Å². The highest BCUT2D eigenvalue weighted by atomic mass is 32.1. The minimum Gasteiger partial charge on any atom is -0.356 e. The molecule has 1 rings (SSSR count). The number of amides is 1. The van der Waals surface area contributed by atoms with E-state index in [0.717, 1.165) is 19.5 Å². The van der Waals surface area contributed by atoms with E-state index in [1.165, 1.54) is 10.5 Å². The molecule has 1 aromatic carbocycles. The monoisotopic (exact) mass is 295 g/mol. The summed E-state index contributed by atoms with van der Waals surface area (Å²) < 4.78 is 0. The number of likely N-dealkylation sites (N-methyl/N-ethyl adjacent to an activating group) is 1. The van der Waals surface area contributed by atoms with Gasteiger partial charge in [0, 0.05) is 5.56 Å². The van der Waals surface area contributed by atoms with Crippen LogP contribution in [-0.4, -0.2) is 38.2 Å². The summed E-state index contributed by atoms with van der Waals surface area (Å²) in [4.78, 5) is 13.2. The van der Waals surface area contributed by atoms with Gasteiger partial charge in [-0.2, -0.15) is 0 Å². The van der Waals surface area contributed by atoms with Crippen LogP contribution in [0.25, 0.3) is 0 Å². The smallest absolute Gasteiger partial charge is 0.269 e. The maximum absolute atomic E-state index is 11.9. The van der Waals surface area contributed by atoms with Gasteiger partial charge in [0.2, 0.25) is 0 Å². The molecule has 0 aliphatic carbocycles. The molecule has 0 atom stereocenters. The number of carbonyl (C=O) groups excluding carboxylic acids is 1. The first-order valence-corrected chi connectivity index (χ1v) is 7.16. The average Bonchev–Trinajstić information content (AvgIpc) is 2.44. The van der Waals surface area contributed by atoms with E-state index in [1.807, 2.05) is 24.3 Å². The normalized spacial score (nSPS) is 10.2. The summed E-state index contributed by atoms with van der Waals surface area (Å²) in [7, 11) is 4.14. The summed E-state index contributed by atoms with van der Waals surface area (Å²) >= 11 is 5.07. The lowest BCUT2D eigenvalue weighted by atomic mass is 10.1. The zero-order valence-corrected chi connectivity index (χ0v) is 13.1. The first-order chi connectivity index (χ1) is 9.52. The molecular formula is C14H23N4OS+. The second-order valence-electron chi connectivity index (χ2n) is 4.84. The molecule has 1 amide bonds. The van der Waals surface area contributed by atoms with E-state index >= 15 is 0 Å². The van der Waals surface area contributed by atoms with Crippen LogP contribution in [-0.2, 0) is 6.42 Å². The van der Waals surface area contributed by atoms with Gasteiger partial charge in [0.05, 0.1) is 27.2 Å². The first kappa shape index (κ1) is 16.4. The molecule has 0 radical (unpaired) electrons. The Morgan fingerprint density at radius 1 is 1.20 bits per heavy atom. The van der Waals surface area contributed by atoms with Crippen LogP contribution in [0.15, 0.2) is 24.3 Å². The predicted molar refractivity (Wildman–Crippen MR) is 84.7 cm³/mol. The number of rotatable bonds is 5. The Labute approximate surface area is 125 Å². The molecule has 1 aromatic rings. The largest absolute Gasteiger partial charge is 0.356 e. The third-order valence-corrected chi connectivity index (χ3v) is 3.07. The molecule has 0 aliphatic heterocycles. The maximum Gasteiger partial charge on any atom is 0.269 e. The van der Waals surface area contributed by atoms with Crippen molar-refractivity contribution in [2.45, 2.75) is 13.3 Å². The Balaban J connectivity index is 2.33. The predicted octanol–water partition coefficient (Wildman–Crippen LogP) is -0.498. The van der Waals surface area contributed by atoms with Crippen LogP contribution < -0.4 is 21.1 Å². The molecule has 0 aliphatic rings. The van der Waals surface area contributed by atoms with Gasteiger partial charge >= 0.3 is 0 Å². The highest BCUT2D eigenvalue weighted by Crippen LogP contribution is 2.04. The van der Waals surface area contributed by atoms with Gasteiger partial charge in [-0.05, 0) is 36.3 Å². The molecular weight excluding hydrogens is 272 g/mol. The fraction of sp³-hybridized carbons (Fsp3) is 0.429. The molecule has 0 aromatic heterocycles. The molecule has 4 N–H and O–H groups in total. The van der Waals surface area contributed by atoms with Crippen molar-refractivity contribution in [1.29, 1.82) is 0 Å². The number of benzene rings is 1. The Morgan fingerprint density at radius 3 is 2.40 bits per heavy atom. The molecule has 0 spiro atoms. The fourth-order valence-corrected chi connectivity index (χ4v) is 1.70. The number of quaternary nitrogens is 1. The zero-order valence-electron chi connectivity index (χ0n) is 12.2. The maximum atomic E-state index is 11.9. The van der Waals surface area contributed by atoms with Crippen LogP contribution >= 0.6 is 12.2 Å². The Bertz CT molecular complexity index is 445. The van der Waals surface area contributed by atoms with Gasteiger partial charge < -0.3 is 10.2 Å². The second-order valence-corrected chi connectivity index (χ2v) is 5.25. The summed E-state index contributed by atoms with van der Waals surface area (Å²) in [5.74, 6) is -0.199. The van der Waals surface area contributed by atoms with Gasteiger partial charge in [-0.1, -0.05) is 19.1 Å². The number of carbonyl (C=O) groups is 1. The van der Waals surface area contributed by atoms with Gasteiger partial charge in [-0.25, -0.2) is 0 Å². The molecule has 0 bridgehead atoms. The molecule has 0 fully saturated rings. The summed E-state index contributed by atoms with van der Waals surface area (Å²) in [6, 6.07) is 7.51. The van der Waals surface area contributed by atoms with Crippen molar-refractivity contribution in [3.63, 3.8) is 0 Å². The number of nitrogens with one attached hydrogen (secondary N) is 4. The van der Waals surface area contributed by atoms with Crippen molar-refractivity contribution in [3.05, 3.63) is 35.4 Å². The van der Waals surface area contributed by atoms with Gasteiger partial charge in [-0.3, -0.25) is 15.6 Å². The van der Waals surface area contributed by atoms with Crippen molar-refractivity contribution in [2.75, 3.05) is 27.2 Å². The van der Waals surface area contributed by atoms with Crippen molar-refractivity contribution in [1.82, 2.24) is 16.2 Å². The lowest BCUT2D eigenvalue weighted by Crippen LogP contribution is -3.06. The molecule has 0 heterocycles. The fourth-order valence-electron chi connectivity index (χ4n) is 1.55. The summed E-state index contributed by atoms with van der Waals surface area (Å²) in [5, 5.41) is 3.44. The van der Waals surface area contributed by atoms with Gasteiger partial charge in [0.1, 0.15) is 0 Å². The molecule has 20 heavy (non-hydrogen) atoms. The van der Waals surface area contributed by atoms with Crippen LogP contribution in [0.2, 0.25) is 0 Å². The number of hydrazine groups is 1. The number of hydrogen-bond donors (Lipinski definition) is 4. The minimum absolute atomic E-state index is 0.199. The van der Waals surface area contributed by atoms with E-state index < -0.39 is 0 Å². The van der Waals surface area contributed by atoms with Gasteiger partial charge in [0.25, 0.3) is 5.91 Å². The summed E-state index contributed by atoms with van der Waals surface area (Å²) in [6.45, 7) is 3.79. The highest BCUT2D eigenvalue weighted by Gasteiger charge is 2.05. The van der Waals surface area contributed by atoms with Crippen molar-refractivity contribution in [3.8, 4) is 0 Å². The van der Waals surface area contributed by atoms with E-state index in [2.05, 4.69) is 37.2 Å². The first-order valence-electron chi connectivity index (χ1n) is 6.75. The molecule has 6 heteroatoms. The molecule has 5 nitrogen and oxygen atoms in total. The van der Waals surface area contributed by atoms with Crippen molar-refractivity contribution >= 4 is 23.2 Å². The second kappa shape index (κ2) is 8.50. The number of hydrogen-bond acceptors (Lipinski definition) is 2. The Hall–Kier alpha value is -1.66. The number of thiocarbonyl (C=S) groups is 1. The Kier molecular flexibility index (Phi) is 6.97. The molecule has 0 unspecified atom stereocenters. The third-order valence-electron chi connectivity index (χ3n) is 2.82. The molecule has 0 saturated heterocycles. The number of aryl methyl sites for hydroxylation is 1. The van der Waals surface area contributed by atoms with Gasteiger partial charge in [0.15, 0.2) is 5.11 Å².